The van der Waals surface area contributed by atoms with Gasteiger partial charge in [0.05, 0.1) is 0 Å². The average molecular weight is 300 g/mol. The predicted octanol–water partition coefficient (Wildman–Crippen LogP) is 4.74. The summed E-state index contributed by atoms with van der Waals surface area (Å²) in [5.74, 6) is 0. The number of aromatic nitrogens is 1. The van der Waals surface area contributed by atoms with Gasteiger partial charge in [-0.1, -0.05) is 42.5 Å². The lowest BCUT2D eigenvalue weighted by atomic mass is 9.95. The van der Waals surface area contributed by atoms with Gasteiger partial charge in [-0.2, -0.15) is 0 Å². The molecule has 0 unspecified atom stereocenters. The first-order valence-electron chi connectivity index (χ1n) is 7.69. The van der Waals surface area contributed by atoms with E-state index in [1.165, 1.54) is 22.4 Å². The third-order valence-electron chi connectivity index (χ3n) is 3.80. The van der Waals surface area contributed by atoms with Crippen LogP contribution in [-0.4, -0.2) is 19.1 Å². The van der Waals surface area contributed by atoms with Crippen molar-refractivity contribution in [3.8, 4) is 0 Å². The molecule has 1 aromatic heterocycles. The molecule has 0 radical (unpaired) electrons. The fourth-order valence-corrected chi connectivity index (χ4v) is 2.52. The number of benzene rings is 2. The monoisotopic (exact) mass is 300 g/mol. The molecule has 0 N–H and O–H groups in total. The molecule has 2 heteroatoms. The molecule has 0 saturated heterocycles. The van der Waals surface area contributed by atoms with Crippen molar-refractivity contribution in [1.82, 2.24) is 4.98 Å². The van der Waals surface area contributed by atoms with Crippen LogP contribution in [0.25, 0.3) is 11.6 Å². The van der Waals surface area contributed by atoms with Gasteiger partial charge in [-0.15, -0.1) is 0 Å². The lowest BCUT2D eigenvalue weighted by Crippen LogP contribution is -2.08. The molecule has 1 heterocycles. The topological polar surface area (TPSA) is 16.1 Å². The Hall–Kier alpha value is -2.87. The summed E-state index contributed by atoms with van der Waals surface area (Å²) in [6.45, 7) is 0. The van der Waals surface area contributed by atoms with Crippen molar-refractivity contribution < 1.29 is 0 Å². The molecule has 114 valence electrons. The van der Waals surface area contributed by atoms with E-state index in [0.717, 1.165) is 5.56 Å². The minimum Gasteiger partial charge on any atom is -0.378 e. The van der Waals surface area contributed by atoms with E-state index >= 15 is 0 Å². The predicted molar refractivity (Wildman–Crippen MR) is 98.4 cm³/mol. The largest absolute Gasteiger partial charge is 0.378 e. The molecule has 0 bridgehead atoms. The van der Waals surface area contributed by atoms with Gasteiger partial charge in [-0.05, 0) is 52.6 Å². The minimum absolute atomic E-state index is 1.15. The zero-order chi connectivity index (χ0) is 16.1. The summed E-state index contributed by atoms with van der Waals surface area (Å²) in [7, 11) is 4.11. The molecule has 0 aliphatic rings. The molecule has 2 aromatic carbocycles. The standard InChI is InChI=1S/C21H20N2/c1-23(2)20-10-8-19(9-11-20)21(18-6-4-3-5-7-18)16-17-12-14-22-15-13-17/h3-16H,1-2H3/b21-16-. The summed E-state index contributed by atoms with van der Waals surface area (Å²) >= 11 is 0. The number of nitrogens with zero attached hydrogens (tertiary/aromatic N) is 2. The Kier molecular flexibility index (Phi) is 4.53. The molecule has 0 spiro atoms. The van der Waals surface area contributed by atoms with Gasteiger partial charge in [0.25, 0.3) is 0 Å². The third-order valence-corrected chi connectivity index (χ3v) is 3.80. The van der Waals surface area contributed by atoms with Crippen LogP contribution in [0.5, 0.6) is 0 Å². The van der Waals surface area contributed by atoms with E-state index < -0.39 is 0 Å². The Labute approximate surface area is 137 Å². The zero-order valence-corrected chi connectivity index (χ0v) is 13.5. The van der Waals surface area contributed by atoms with Crippen LogP contribution in [0.15, 0.2) is 79.1 Å². The van der Waals surface area contributed by atoms with Gasteiger partial charge in [-0.3, -0.25) is 4.98 Å². The van der Waals surface area contributed by atoms with Crippen molar-refractivity contribution in [2.75, 3.05) is 19.0 Å². The maximum atomic E-state index is 4.09. The van der Waals surface area contributed by atoms with E-state index in [1.807, 2.05) is 30.6 Å². The Balaban J connectivity index is 2.07. The first-order chi connectivity index (χ1) is 11.2. The van der Waals surface area contributed by atoms with Gasteiger partial charge in [0.15, 0.2) is 0 Å². The second-order valence-corrected chi connectivity index (χ2v) is 5.65. The molecule has 0 amide bonds. The molecule has 3 rings (SSSR count). The summed E-state index contributed by atoms with van der Waals surface area (Å²) in [6, 6.07) is 23.2. The lowest BCUT2D eigenvalue weighted by molar-refractivity contribution is 1.13. The highest BCUT2D eigenvalue weighted by Crippen LogP contribution is 2.27. The highest BCUT2D eigenvalue weighted by atomic mass is 15.1. The molecule has 0 aliphatic heterocycles. The summed E-state index contributed by atoms with van der Waals surface area (Å²) in [5, 5.41) is 0. The second-order valence-electron chi connectivity index (χ2n) is 5.65. The molecular weight excluding hydrogens is 280 g/mol. The maximum absolute atomic E-state index is 4.09. The van der Waals surface area contributed by atoms with E-state index in [9.17, 15) is 0 Å². The molecule has 0 saturated carbocycles. The van der Waals surface area contributed by atoms with Crippen LogP contribution < -0.4 is 4.90 Å². The number of anilines is 1. The first kappa shape index (κ1) is 15.0. The summed E-state index contributed by atoms with van der Waals surface area (Å²) in [6.07, 6.45) is 5.86. The lowest BCUT2D eigenvalue weighted by Gasteiger charge is -2.14. The highest BCUT2D eigenvalue weighted by molar-refractivity contribution is 5.91. The van der Waals surface area contributed by atoms with Crippen LogP contribution in [0.1, 0.15) is 16.7 Å². The van der Waals surface area contributed by atoms with Gasteiger partial charge < -0.3 is 4.90 Å². The SMILES string of the molecule is CN(C)c1ccc(/C(=C\c2ccncc2)c2ccccc2)cc1. The van der Waals surface area contributed by atoms with Gasteiger partial charge >= 0.3 is 0 Å². The molecule has 2 nitrogen and oxygen atoms in total. The summed E-state index contributed by atoms with van der Waals surface area (Å²) in [4.78, 5) is 6.20. The van der Waals surface area contributed by atoms with Crippen LogP contribution in [0, 0.1) is 0 Å². The van der Waals surface area contributed by atoms with E-state index in [-0.39, 0.29) is 0 Å². The van der Waals surface area contributed by atoms with E-state index in [1.54, 1.807) is 0 Å². The van der Waals surface area contributed by atoms with E-state index in [2.05, 4.69) is 78.6 Å². The molecule has 0 fully saturated rings. The van der Waals surface area contributed by atoms with Crippen molar-refractivity contribution in [2.45, 2.75) is 0 Å². The Bertz CT molecular complexity index is 773. The first-order valence-corrected chi connectivity index (χ1v) is 7.69. The fourth-order valence-electron chi connectivity index (χ4n) is 2.52. The normalized spacial score (nSPS) is 11.3. The smallest absolute Gasteiger partial charge is 0.0361 e. The summed E-state index contributed by atoms with van der Waals surface area (Å²) < 4.78 is 0. The van der Waals surface area contributed by atoms with E-state index in [0.29, 0.717) is 0 Å². The van der Waals surface area contributed by atoms with Crippen molar-refractivity contribution in [1.29, 1.82) is 0 Å². The van der Waals surface area contributed by atoms with Crippen molar-refractivity contribution >= 4 is 17.3 Å². The Morgan fingerprint density at radius 1 is 0.783 bits per heavy atom. The molecule has 23 heavy (non-hydrogen) atoms. The van der Waals surface area contributed by atoms with Crippen LogP contribution in [-0.2, 0) is 0 Å². The molecule has 0 atom stereocenters. The van der Waals surface area contributed by atoms with Crippen molar-refractivity contribution in [3.05, 3.63) is 95.8 Å². The van der Waals surface area contributed by atoms with Crippen LogP contribution in [0.2, 0.25) is 0 Å². The fraction of sp³-hybridized carbons (Fsp3) is 0.0952. The average Bonchev–Trinajstić information content (AvgIpc) is 2.61. The summed E-state index contributed by atoms with van der Waals surface area (Å²) in [5.41, 5.74) is 5.98. The molecular formula is C21H20N2. The molecule has 3 aromatic rings. The van der Waals surface area contributed by atoms with Gasteiger partial charge in [0, 0.05) is 32.2 Å². The van der Waals surface area contributed by atoms with Crippen molar-refractivity contribution in [2.24, 2.45) is 0 Å². The van der Waals surface area contributed by atoms with Gasteiger partial charge in [0.2, 0.25) is 0 Å². The Morgan fingerprint density at radius 3 is 2.00 bits per heavy atom. The van der Waals surface area contributed by atoms with Crippen LogP contribution in [0.4, 0.5) is 5.69 Å². The minimum atomic E-state index is 1.15. The van der Waals surface area contributed by atoms with E-state index in [4.69, 9.17) is 0 Å². The number of hydrogen-bond donors (Lipinski definition) is 0. The van der Waals surface area contributed by atoms with Crippen LogP contribution >= 0.6 is 0 Å². The van der Waals surface area contributed by atoms with Crippen LogP contribution in [0.3, 0.4) is 0 Å². The number of hydrogen-bond acceptors (Lipinski definition) is 2. The molecule has 0 aliphatic carbocycles. The van der Waals surface area contributed by atoms with Gasteiger partial charge in [0.1, 0.15) is 0 Å². The second kappa shape index (κ2) is 6.93. The number of pyridine rings is 1. The van der Waals surface area contributed by atoms with Gasteiger partial charge in [-0.25, -0.2) is 0 Å². The van der Waals surface area contributed by atoms with Crippen molar-refractivity contribution in [3.63, 3.8) is 0 Å². The maximum Gasteiger partial charge on any atom is 0.0361 e. The number of rotatable bonds is 4. The Morgan fingerprint density at radius 2 is 1.39 bits per heavy atom. The highest BCUT2D eigenvalue weighted by Gasteiger charge is 2.06. The quantitative estimate of drug-likeness (QED) is 0.692. The third kappa shape index (κ3) is 3.67. The zero-order valence-electron chi connectivity index (χ0n) is 13.5.